The molecule has 0 heterocycles. The van der Waals surface area contributed by atoms with Gasteiger partial charge in [0.1, 0.15) is 5.75 Å². The van der Waals surface area contributed by atoms with Crippen LogP contribution in [0.2, 0.25) is 10.0 Å². The van der Waals surface area contributed by atoms with E-state index >= 15 is 0 Å². The van der Waals surface area contributed by atoms with Gasteiger partial charge in [0.25, 0.3) is 0 Å². The van der Waals surface area contributed by atoms with E-state index in [1.54, 1.807) is 24.3 Å². The molecule has 0 saturated heterocycles. The van der Waals surface area contributed by atoms with Crippen molar-refractivity contribution >= 4 is 46.4 Å². The van der Waals surface area contributed by atoms with Crippen molar-refractivity contribution in [2.24, 2.45) is 0 Å². The van der Waals surface area contributed by atoms with Crippen LogP contribution in [0.15, 0.2) is 42.5 Å². The summed E-state index contributed by atoms with van der Waals surface area (Å²) in [6.45, 7) is 0. The highest BCUT2D eigenvalue weighted by atomic mass is 35.5. The SMILES string of the molecule is O=C(Nc1ccccc1O)C(=O)Nc1cccc(Cl)c1Cl. The Hall–Kier alpha value is -2.24. The van der Waals surface area contributed by atoms with Crippen LogP contribution in [0.25, 0.3) is 0 Å². The maximum atomic E-state index is 11.8. The first-order valence-corrected chi connectivity index (χ1v) is 6.59. The number of hydrogen-bond donors (Lipinski definition) is 3. The van der Waals surface area contributed by atoms with Crippen molar-refractivity contribution in [3.63, 3.8) is 0 Å². The Balaban J connectivity index is 2.08. The van der Waals surface area contributed by atoms with Gasteiger partial charge >= 0.3 is 11.8 Å². The second kappa shape index (κ2) is 6.47. The molecule has 5 nitrogen and oxygen atoms in total. The van der Waals surface area contributed by atoms with E-state index in [2.05, 4.69) is 10.6 Å². The lowest BCUT2D eigenvalue weighted by Crippen LogP contribution is -2.29. The number of carbonyl (C=O) groups is 2. The molecule has 7 heteroatoms. The summed E-state index contributed by atoms with van der Waals surface area (Å²) < 4.78 is 0. The predicted molar refractivity (Wildman–Crippen MR) is 81.8 cm³/mol. The van der Waals surface area contributed by atoms with E-state index in [4.69, 9.17) is 23.2 Å². The fourth-order valence-corrected chi connectivity index (χ4v) is 1.89. The van der Waals surface area contributed by atoms with E-state index in [0.29, 0.717) is 0 Å². The van der Waals surface area contributed by atoms with Crippen molar-refractivity contribution in [1.82, 2.24) is 0 Å². The van der Waals surface area contributed by atoms with Crippen LogP contribution >= 0.6 is 23.2 Å². The summed E-state index contributed by atoms with van der Waals surface area (Å²) in [6, 6.07) is 10.7. The minimum atomic E-state index is -0.937. The number of para-hydroxylation sites is 2. The van der Waals surface area contributed by atoms with Crippen LogP contribution in [-0.2, 0) is 9.59 Å². The third-order valence-electron chi connectivity index (χ3n) is 2.56. The van der Waals surface area contributed by atoms with Gasteiger partial charge < -0.3 is 15.7 Å². The van der Waals surface area contributed by atoms with Gasteiger partial charge in [-0.1, -0.05) is 41.4 Å². The zero-order valence-electron chi connectivity index (χ0n) is 10.6. The molecule has 0 saturated carbocycles. The van der Waals surface area contributed by atoms with E-state index in [1.165, 1.54) is 18.2 Å². The molecule has 0 radical (unpaired) electrons. The van der Waals surface area contributed by atoms with E-state index in [-0.39, 0.29) is 27.2 Å². The molecule has 2 amide bonds. The third kappa shape index (κ3) is 3.65. The highest BCUT2D eigenvalue weighted by Gasteiger charge is 2.17. The summed E-state index contributed by atoms with van der Waals surface area (Å²) in [6.07, 6.45) is 0. The Bertz CT molecular complexity index is 704. The first kappa shape index (κ1) is 15.2. The number of nitrogens with one attached hydrogen (secondary N) is 2. The molecule has 2 rings (SSSR count). The first-order chi connectivity index (χ1) is 9.99. The maximum Gasteiger partial charge on any atom is 0.314 e. The average molecular weight is 325 g/mol. The van der Waals surface area contributed by atoms with E-state index < -0.39 is 11.8 Å². The Kier molecular flexibility index (Phi) is 4.67. The fourth-order valence-electron chi connectivity index (χ4n) is 1.54. The fraction of sp³-hybridized carbons (Fsp3) is 0. The Morgan fingerprint density at radius 2 is 1.43 bits per heavy atom. The number of phenolic OH excluding ortho intramolecular Hbond substituents is 1. The molecule has 2 aromatic rings. The molecular formula is C14H10Cl2N2O3. The largest absolute Gasteiger partial charge is 0.506 e. The van der Waals surface area contributed by atoms with Crippen molar-refractivity contribution in [3.8, 4) is 5.75 Å². The number of hydrogen-bond acceptors (Lipinski definition) is 3. The van der Waals surface area contributed by atoms with Crippen molar-refractivity contribution in [1.29, 1.82) is 0 Å². The summed E-state index contributed by atoms with van der Waals surface area (Å²) in [5.41, 5.74) is 0.358. The quantitative estimate of drug-likeness (QED) is 0.586. The zero-order chi connectivity index (χ0) is 15.4. The summed E-state index contributed by atoms with van der Waals surface area (Å²) >= 11 is 11.7. The van der Waals surface area contributed by atoms with Crippen molar-refractivity contribution < 1.29 is 14.7 Å². The highest BCUT2D eigenvalue weighted by Crippen LogP contribution is 2.29. The van der Waals surface area contributed by atoms with Gasteiger partial charge in [-0.3, -0.25) is 9.59 Å². The lowest BCUT2D eigenvalue weighted by molar-refractivity contribution is -0.133. The minimum absolute atomic E-state index is 0.134. The normalized spacial score (nSPS) is 10.0. The van der Waals surface area contributed by atoms with Gasteiger partial charge in [0, 0.05) is 0 Å². The average Bonchev–Trinajstić information content (AvgIpc) is 2.46. The molecule has 0 aliphatic heterocycles. The van der Waals surface area contributed by atoms with Crippen LogP contribution in [0.3, 0.4) is 0 Å². The van der Waals surface area contributed by atoms with Crippen LogP contribution < -0.4 is 10.6 Å². The summed E-state index contributed by atoms with van der Waals surface area (Å²) in [7, 11) is 0. The molecule has 108 valence electrons. The van der Waals surface area contributed by atoms with Crippen LogP contribution in [0.5, 0.6) is 5.75 Å². The molecular weight excluding hydrogens is 315 g/mol. The van der Waals surface area contributed by atoms with Crippen LogP contribution in [0.1, 0.15) is 0 Å². The molecule has 3 N–H and O–H groups in total. The van der Waals surface area contributed by atoms with Crippen molar-refractivity contribution in [2.45, 2.75) is 0 Å². The number of amides is 2. The van der Waals surface area contributed by atoms with Crippen LogP contribution in [0.4, 0.5) is 11.4 Å². The standard InChI is InChI=1S/C14H10Cl2N2O3/c15-8-4-3-6-10(12(8)16)18-14(21)13(20)17-9-5-1-2-7-11(9)19/h1-7,19H,(H,17,20)(H,18,21). The number of phenols is 1. The number of halogens is 2. The molecule has 2 aromatic carbocycles. The molecule has 0 aliphatic rings. The third-order valence-corrected chi connectivity index (χ3v) is 3.38. The second-order valence-electron chi connectivity index (χ2n) is 4.03. The van der Waals surface area contributed by atoms with Gasteiger partial charge in [-0.15, -0.1) is 0 Å². The van der Waals surface area contributed by atoms with Gasteiger partial charge in [-0.2, -0.15) is 0 Å². The van der Waals surface area contributed by atoms with Crippen molar-refractivity contribution in [3.05, 3.63) is 52.5 Å². The van der Waals surface area contributed by atoms with Gasteiger partial charge in [0.2, 0.25) is 0 Å². The Morgan fingerprint density at radius 1 is 0.857 bits per heavy atom. The molecule has 0 unspecified atom stereocenters. The minimum Gasteiger partial charge on any atom is -0.506 e. The van der Waals surface area contributed by atoms with Gasteiger partial charge in [-0.05, 0) is 24.3 Å². The van der Waals surface area contributed by atoms with Gasteiger partial charge in [-0.25, -0.2) is 0 Å². The van der Waals surface area contributed by atoms with E-state index in [9.17, 15) is 14.7 Å². The Labute approximate surface area is 130 Å². The lowest BCUT2D eigenvalue weighted by Gasteiger charge is -2.09. The first-order valence-electron chi connectivity index (χ1n) is 5.83. The topological polar surface area (TPSA) is 78.4 Å². The molecule has 0 aliphatic carbocycles. The van der Waals surface area contributed by atoms with Crippen LogP contribution in [-0.4, -0.2) is 16.9 Å². The van der Waals surface area contributed by atoms with Gasteiger partial charge in [0.15, 0.2) is 0 Å². The monoisotopic (exact) mass is 324 g/mol. The smallest absolute Gasteiger partial charge is 0.314 e. The molecule has 0 atom stereocenters. The number of rotatable bonds is 2. The van der Waals surface area contributed by atoms with Crippen molar-refractivity contribution in [2.75, 3.05) is 10.6 Å². The summed E-state index contributed by atoms with van der Waals surface area (Å²) in [4.78, 5) is 23.5. The maximum absolute atomic E-state index is 11.8. The lowest BCUT2D eigenvalue weighted by atomic mass is 10.3. The van der Waals surface area contributed by atoms with Gasteiger partial charge in [0.05, 0.1) is 21.4 Å². The molecule has 0 spiro atoms. The predicted octanol–water partition coefficient (Wildman–Crippen LogP) is 3.28. The number of carbonyl (C=O) groups excluding carboxylic acids is 2. The Morgan fingerprint density at radius 3 is 2.10 bits per heavy atom. The highest BCUT2D eigenvalue weighted by molar-refractivity contribution is 6.47. The molecule has 0 aromatic heterocycles. The molecule has 21 heavy (non-hydrogen) atoms. The molecule has 0 bridgehead atoms. The summed E-state index contributed by atoms with van der Waals surface area (Å²) in [5, 5.41) is 14.6. The van der Waals surface area contributed by atoms with E-state index in [1.807, 2.05) is 0 Å². The molecule has 0 fully saturated rings. The number of aromatic hydroxyl groups is 1. The number of benzene rings is 2. The van der Waals surface area contributed by atoms with E-state index in [0.717, 1.165) is 0 Å². The summed E-state index contributed by atoms with van der Waals surface area (Å²) in [5.74, 6) is -2.01. The zero-order valence-corrected chi connectivity index (χ0v) is 12.1. The van der Waals surface area contributed by atoms with Crippen LogP contribution in [0, 0.1) is 0 Å². The number of anilines is 2. The second-order valence-corrected chi connectivity index (χ2v) is 4.81.